The van der Waals surface area contributed by atoms with E-state index in [0.29, 0.717) is 11.8 Å². The van der Waals surface area contributed by atoms with Gasteiger partial charge in [-0.05, 0) is 126 Å². The Morgan fingerprint density at radius 3 is 1.18 bits per heavy atom. The lowest BCUT2D eigenvalue weighted by molar-refractivity contribution is 1.00. The van der Waals surface area contributed by atoms with Crippen molar-refractivity contribution < 1.29 is 0 Å². The first-order valence-corrected chi connectivity index (χ1v) is 22.1. The van der Waals surface area contributed by atoms with Gasteiger partial charge in [0.15, 0.2) is 0 Å². The van der Waals surface area contributed by atoms with Crippen LogP contribution in [-0.4, -0.2) is 19.9 Å². The number of aromatic nitrogens is 4. The lowest BCUT2D eigenvalue weighted by Crippen LogP contribution is -1.97. The highest BCUT2D eigenvalue weighted by Crippen LogP contribution is 2.54. The summed E-state index contributed by atoms with van der Waals surface area (Å²) in [6, 6.07) is 57.8. The molecule has 9 aromatic carbocycles. The first-order valence-electron chi connectivity index (χ1n) is 22.1. The Labute approximate surface area is 378 Å². The maximum atomic E-state index is 4.76. The van der Waals surface area contributed by atoms with Crippen LogP contribution in [0.5, 0.6) is 0 Å². The van der Waals surface area contributed by atoms with Crippen LogP contribution in [0.4, 0.5) is 0 Å². The minimum Gasteiger partial charge on any atom is -0.252 e. The van der Waals surface area contributed by atoms with E-state index in [2.05, 4.69) is 196 Å². The molecule has 2 unspecified atom stereocenters. The van der Waals surface area contributed by atoms with E-state index in [4.69, 9.17) is 19.9 Å². The van der Waals surface area contributed by atoms with E-state index in [-0.39, 0.29) is 0 Å². The van der Waals surface area contributed by atoms with Crippen LogP contribution in [0, 0.1) is 11.8 Å². The Balaban J connectivity index is 0.00000114. The van der Waals surface area contributed by atoms with Crippen molar-refractivity contribution in [3.63, 3.8) is 0 Å². The van der Waals surface area contributed by atoms with Gasteiger partial charge in [0.1, 0.15) is 0 Å². The standard InChI is InChI=1S/C57H36N4.2C2H4/c1-3-16-46-44(14-1)52-30-39(18-20-48(52)56-54(46)58-22-24-60-56)35-9-5-8-34(26-35)37-11-7-13-41(28-37)50-32-42(29-43-33-51(43)50)38-12-6-10-36(27-38)40-19-21-49-53(31-40)45-15-2-4-17-47(45)55-57(49)61-25-23-59-55;2*1-2/h1-32,43,51H,33H2;2*1-2H2. The first-order chi connectivity index (χ1) is 32.2. The monoisotopic (exact) mass is 832 g/mol. The average Bonchev–Trinajstić information content (AvgIpc) is 4.20. The van der Waals surface area contributed by atoms with Crippen molar-refractivity contribution in [2.24, 2.45) is 11.8 Å². The highest BCUT2D eigenvalue weighted by Gasteiger charge is 2.41. The quantitative estimate of drug-likeness (QED) is 0.128. The molecule has 1 saturated carbocycles. The SMILES string of the molecule is C1=C(c2cccc(-c3ccc4c(c3)c3ccccc3c3nccnc43)c2)C=C(c2cccc(-c3cccc(-c4ccc5c(c4)c4ccccc4c4nccnc54)c3)c2)C2CC12.C=C.C=C. The molecule has 2 atom stereocenters. The molecule has 2 heterocycles. The number of nitrogens with zero attached hydrogens (tertiary/aromatic N) is 4. The predicted molar refractivity (Wildman–Crippen MR) is 275 cm³/mol. The summed E-state index contributed by atoms with van der Waals surface area (Å²) < 4.78 is 0. The van der Waals surface area contributed by atoms with Crippen molar-refractivity contribution in [1.29, 1.82) is 0 Å². The minimum atomic E-state index is 0.563. The molecule has 0 amide bonds. The maximum absolute atomic E-state index is 4.76. The summed E-state index contributed by atoms with van der Waals surface area (Å²) in [6.45, 7) is 12.0. The van der Waals surface area contributed by atoms with Crippen molar-refractivity contribution in [1.82, 2.24) is 19.9 Å². The van der Waals surface area contributed by atoms with Crippen LogP contribution in [0.1, 0.15) is 17.5 Å². The van der Waals surface area contributed by atoms with E-state index in [1.807, 2.05) is 0 Å². The van der Waals surface area contributed by atoms with Crippen LogP contribution < -0.4 is 0 Å². The van der Waals surface area contributed by atoms with E-state index in [9.17, 15) is 0 Å². The summed E-state index contributed by atoms with van der Waals surface area (Å²) in [5.74, 6) is 1.13. The van der Waals surface area contributed by atoms with Gasteiger partial charge in [0.05, 0.1) is 22.1 Å². The molecule has 4 nitrogen and oxygen atoms in total. The van der Waals surface area contributed by atoms with Crippen molar-refractivity contribution in [2.45, 2.75) is 6.42 Å². The molecule has 0 aliphatic heterocycles. The number of hydrogen-bond donors (Lipinski definition) is 0. The largest absolute Gasteiger partial charge is 0.252 e. The summed E-state index contributed by atoms with van der Waals surface area (Å²) in [5.41, 5.74) is 16.3. The van der Waals surface area contributed by atoms with Gasteiger partial charge < -0.3 is 0 Å². The zero-order valence-electron chi connectivity index (χ0n) is 36.0. The van der Waals surface area contributed by atoms with Gasteiger partial charge in [0.25, 0.3) is 0 Å². The number of fused-ring (bicyclic) bond motifs is 13. The van der Waals surface area contributed by atoms with Gasteiger partial charge in [-0.15, -0.1) is 26.3 Å². The molecule has 0 N–H and O–H groups in total. The van der Waals surface area contributed by atoms with Crippen LogP contribution >= 0.6 is 0 Å². The van der Waals surface area contributed by atoms with E-state index in [1.54, 1.807) is 24.8 Å². The highest BCUT2D eigenvalue weighted by atomic mass is 14.8. The topological polar surface area (TPSA) is 51.6 Å². The van der Waals surface area contributed by atoms with Gasteiger partial charge in [-0.1, -0.05) is 140 Å². The van der Waals surface area contributed by atoms with Crippen molar-refractivity contribution in [2.75, 3.05) is 0 Å². The van der Waals surface area contributed by atoms with Gasteiger partial charge in [0, 0.05) is 46.3 Å². The van der Waals surface area contributed by atoms with Crippen LogP contribution in [0.3, 0.4) is 0 Å². The fraction of sp³-hybridized carbons (Fsp3) is 0.0492. The molecule has 0 radical (unpaired) electrons. The molecule has 13 rings (SSSR count). The van der Waals surface area contributed by atoms with E-state index >= 15 is 0 Å². The zero-order valence-corrected chi connectivity index (χ0v) is 36.0. The zero-order chi connectivity index (χ0) is 44.0. The normalized spacial score (nSPS) is 15.1. The fourth-order valence-electron chi connectivity index (χ4n) is 10.0. The molecule has 308 valence electrons. The molecule has 4 heteroatoms. The molecule has 2 aliphatic rings. The summed E-state index contributed by atoms with van der Waals surface area (Å²) in [6.07, 6.45) is 13.3. The smallest absolute Gasteiger partial charge is 0.0971 e. The Hall–Kier alpha value is -8.34. The number of hydrogen-bond acceptors (Lipinski definition) is 4. The molecule has 2 aliphatic carbocycles. The van der Waals surface area contributed by atoms with Gasteiger partial charge in [-0.25, -0.2) is 0 Å². The summed E-state index contributed by atoms with van der Waals surface area (Å²) in [7, 11) is 0. The molecule has 0 spiro atoms. The third-order valence-corrected chi connectivity index (χ3v) is 13.1. The average molecular weight is 833 g/mol. The van der Waals surface area contributed by atoms with Gasteiger partial charge >= 0.3 is 0 Å². The molecular formula is C61H44N4. The second-order valence-electron chi connectivity index (χ2n) is 16.6. The van der Waals surface area contributed by atoms with Crippen molar-refractivity contribution >= 4 is 76.3 Å². The van der Waals surface area contributed by atoms with Crippen LogP contribution in [0.2, 0.25) is 0 Å². The molecule has 11 aromatic rings. The summed E-state index contributed by atoms with van der Waals surface area (Å²) in [5, 5.41) is 9.31. The number of rotatable bonds is 5. The van der Waals surface area contributed by atoms with Gasteiger partial charge in [0.2, 0.25) is 0 Å². The van der Waals surface area contributed by atoms with Crippen LogP contribution in [0.15, 0.2) is 221 Å². The molecule has 0 saturated heterocycles. The number of allylic oxidation sites excluding steroid dienone is 4. The second kappa shape index (κ2) is 16.4. The highest BCUT2D eigenvalue weighted by molar-refractivity contribution is 6.24. The van der Waals surface area contributed by atoms with E-state index in [1.165, 1.54) is 83.6 Å². The van der Waals surface area contributed by atoms with Crippen molar-refractivity contribution in [3.05, 3.63) is 232 Å². The number of benzene rings is 9. The summed E-state index contributed by atoms with van der Waals surface area (Å²) >= 11 is 0. The molecule has 2 aromatic heterocycles. The predicted octanol–water partition coefficient (Wildman–Crippen LogP) is 15.9. The van der Waals surface area contributed by atoms with Gasteiger partial charge in [-0.2, -0.15) is 0 Å². The Morgan fingerprint density at radius 2 is 0.708 bits per heavy atom. The maximum Gasteiger partial charge on any atom is 0.0971 e. The van der Waals surface area contributed by atoms with Crippen LogP contribution in [0.25, 0.3) is 110 Å². The third-order valence-electron chi connectivity index (χ3n) is 13.1. The summed E-state index contributed by atoms with van der Waals surface area (Å²) in [4.78, 5) is 19.0. The fourth-order valence-corrected chi connectivity index (χ4v) is 10.0. The van der Waals surface area contributed by atoms with Gasteiger partial charge in [-0.3, -0.25) is 19.9 Å². The molecule has 0 bridgehead atoms. The lowest BCUT2D eigenvalue weighted by Gasteiger charge is -2.17. The molecule has 1 fully saturated rings. The Morgan fingerprint density at radius 1 is 0.338 bits per heavy atom. The molecule has 65 heavy (non-hydrogen) atoms. The van der Waals surface area contributed by atoms with E-state index in [0.717, 1.165) is 43.6 Å². The Bertz CT molecular complexity index is 3680. The van der Waals surface area contributed by atoms with Crippen LogP contribution in [-0.2, 0) is 0 Å². The van der Waals surface area contributed by atoms with Crippen molar-refractivity contribution in [3.8, 4) is 33.4 Å². The first kappa shape index (κ1) is 39.5. The van der Waals surface area contributed by atoms with E-state index < -0.39 is 0 Å². The third kappa shape index (κ3) is 6.79. The Kier molecular flexibility index (Phi) is 9.97. The second-order valence-corrected chi connectivity index (χ2v) is 16.6. The minimum absolute atomic E-state index is 0.563. The molecular weight excluding hydrogens is 789 g/mol. The lowest BCUT2D eigenvalue weighted by atomic mass is 9.88.